The first-order chi connectivity index (χ1) is 6.09. The highest BCUT2D eigenvalue weighted by atomic mass is 19.1. The van der Waals surface area contributed by atoms with Crippen LogP contribution in [0.15, 0.2) is 18.2 Å². The lowest BCUT2D eigenvalue weighted by Crippen LogP contribution is -1.95. The summed E-state index contributed by atoms with van der Waals surface area (Å²) in [5.41, 5.74) is 5.75. The number of halogens is 1. The van der Waals surface area contributed by atoms with Gasteiger partial charge in [0.25, 0.3) is 0 Å². The Bertz CT molecular complexity index is 363. The summed E-state index contributed by atoms with van der Waals surface area (Å²) >= 11 is 0. The molecule has 0 saturated carbocycles. The predicted octanol–water partition coefficient (Wildman–Crippen LogP) is 0.901. The Morgan fingerprint density at radius 2 is 2.31 bits per heavy atom. The third kappa shape index (κ3) is 2.55. The lowest BCUT2D eigenvalue weighted by molar-refractivity contribution is -0.131. The van der Waals surface area contributed by atoms with Crippen molar-refractivity contribution in [2.75, 3.05) is 5.73 Å². The van der Waals surface area contributed by atoms with Gasteiger partial charge >= 0.3 is 5.97 Å². The number of aliphatic carboxylic acids is 1. The van der Waals surface area contributed by atoms with Crippen LogP contribution >= 0.6 is 0 Å². The van der Waals surface area contributed by atoms with Crippen molar-refractivity contribution in [3.05, 3.63) is 29.9 Å². The van der Waals surface area contributed by atoms with E-state index >= 15 is 0 Å². The van der Waals surface area contributed by atoms with E-state index in [0.717, 1.165) is 18.2 Å². The van der Waals surface area contributed by atoms with Crippen molar-refractivity contribution in [1.82, 2.24) is 4.98 Å². The van der Waals surface area contributed by atoms with Crippen LogP contribution in [0.1, 0.15) is 5.69 Å². The Kier molecular flexibility index (Phi) is 2.59. The average molecular weight is 182 g/mol. The lowest BCUT2D eigenvalue weighted by atomic mass is 10.3. The SMILES string of the molecule is Nc1ccc(F)nc1C=CC(=O)O. The average Bonchev–Trinajstić information content (AvgIpc) is 2.06. The maximum absolute atomic E-state index is 12.5. The molecule has 0 saturated heterocycles. The molecule has 0 unspecified atom stereocenters. The molecule has 0 aliphatic carbocycles. The van der Waals surface area contributed by atoms with Crippen molar-refractivity contribution in [2.24, 2.45) is 0 Å². The summed E-state index contributed by atoms with van der Waals surface area (Å²) < 4.78 is 12.5. The number of nitrogens with two attached hydrogens (primary N) is 1. The quantitative estimate of drug-likeness (QED) is 0.526. The van der Waals surface area contributed by atoms with E-state index in [2.05, 4.69) is 4.98 Å². The van der Waals surface area contributed by atoms with E-state index in [1.807, 2.05) is 0 Å². The molecule has 0 radical (unpaired) electrons. The molecule has 1 heterocycles. The Balaban J connectivity index is 3.00. The molecule has 1 aromatic rings. The molecule has 0 aliphatic heterocycles. The molecular formula is C8H7FN2O2. The van der Waals surface area contributed by atoms with E-state index in [1.54, 1.807) is 0 Å². The van der Waals surface area contributed by atoms with Crippen LogP contribution in [-0.4, -0.2) is 16.1 Å². The Labute approximate surface area is 73.5 Å². The van der Waals surface area contributed by atoms with Crippen LogP contribution in [0.3, 0.4) is 0 Å². The van der Waals surface area contributed by atoms with Gasteiger partial charge in [-0.25, -0.2) is 9.78 Å². The van der Waals surface area contributed by atoms with Gasteiger partial charge in [-0.15, -0.1) is 0 Å². The molecule has 0 atom stereocenters. The highest BCUT2D eigenvalue weighted by Crippen LogP contribution is 2.10. The maximum Gasteiger partial charge on any atom is 0.328 e. The summed E-state index contributed by atoms with van der Waals surface area (Å²) in [6.07, 6.45) is 1.98. The number of nitrogen functional groups attached to an aromatic ring is 1. The second-order valence-electron chi connectivity index (χ2n) is 2.28. The van der Waals surface area contributed by atoms with Crippen LogP contribution in [0.25, 0.3) is 6.08 Å². The monoisotopic (exact) mass is 182 g/mol. The zero-order chi connectivity index (χ0) is 9.84. The number of hydrogen-bond acceptors (Lipinski definition) is 3. The minimum absolute atomic E-state index is 0.113. The summed E-state index contributed by atoms with van der Waals surface area (Å²) in [5.74, 6) is -1.83. The normalized spacial score (nSPS) is 10.5. The van der Waals surface area contributed by atoms with Crippen molar-refractivity contribution < 1.29 is 14.3 Å². The fourth-order valence-electron chi connectivity index (χ4n) is 0.745. The van der Waals surface area contributed by atoms with Gasteiger partial charge in [-0.1, -0.05) is 0 Å². The molecule has 4 nitrogen and oxygen atoms in total. The van der Waals surface area contributed by atoms with Gasteiger partial charge in [0.05, 0.1) is 11.4 Å². The third-order valence-electron chi connectivity index (χ3n) is 1.31. The van der Waals surface area contributed by atoms with Crippen molar-refractivity contribution in [3.8, 4) is 0 Å². The fourth-order valence-corrected chi connectivity index (χ4v) is 0.745. The van der Waals surface area contributed by atoms with Crippen molar-refractivity contribution in [2.45, 2.75) is 0 Å². The summed E-state index contributed by atoms with van der Waals surface area (Å²) in [4.78, 5) is 13.5. The Morgan fingerprint density at radius 3 is 2.92 bits per heavy atom. The minimum atomic E-state index is -1.13. The topological polar surface area (TPSA) is 76.2 Å². The first-order valence-electron chi connectivity index (χ1n) is 3.42. The number of carboxylic acids is 1. The number of aromatic nitrogens is 1. The molecule has 0 spiro atoms. The second kappa shape index (κ2) is 3.66. The molecule has 0 amide bonds. The summed E-state index contributed by atoms with van der Waals surface area (Å²) in [6.45, 7) is 0. The minimum Gasteiger partial charge on any atom is -0.478 e. The number of carbonyl (C=O) groups is 1. The van der Waals surface area contributed by atoms with Gasteiger partial charge < -0.3 is 10.8 Å². The van der Waals surface area contributed by atoms with Gasteiger partial charge in [-0.2, -0.15) is 4.39 Å². The molecule has 1 aromatic heterocycles. The predicted molar refractivity (Wildman–Crippen MR) is 45.3 cm³/mol. The highest BCUT2D eigenvalue weighted by Gasteiger charge is 1.99. The maximum atomic E-state index is 12.5. The van der Waals surface area contributed by atoms with E-state index < -0.39 is 11.9 Å². The van der Waals surface area contributed by atoms with E-state index in [4.69, 9.17) is 10.8 Å². The van der Waals surface area contributed by atoms with E-state index in [1.165, 1.54) is 6.07 Å². The van der Waals surface area contributed by atoms with Crippen molar-refractivity contribution in [3.63, 3.8) is 0 Å². The summed E-state index contributed by atoms with van der Waals surface area (Å²) in [7, 11) is 0. The van der Waals surface area contributed by atoms with Crippen molar-refractivity contribution in [1.29, 1.82) is 0 Å². The number of rotatable bonds is 2. The summed E-state index contributed by atoms with van der Waals surface area (Å²) in [5, 5.41) is 8.29. The Hall–Kier alpha value is -1.91. The zero-order valence-electron chi connectivity index (χ0n) is 6.57. The molecule has 0 aromatic carbocycles. The zero-order valence-corrected chi connectivity index (χ0v) is 6.57. The standard InChI is InChI=1S/C8H7FN2O2/c9-7-3-1-5(10)6(11-7)2-4-8(12)13/h1-4H,10H2,(H,12,13). The first kappa shape index (κ1) is 9.18. The highest BCUT2D eigenvalue weighted by molar-refractivity contribution is 5.85. The van der Waals surface area contributed by atoms with Gasteiger partial charge in [0, 0.05) is 6.08 Å². The number of nitrogens with zero attached hydrogens (tertiary/aromatic N) is 1. The van der Waals surface area contributed by atoms with Gasteiger partial charge in [-0.3, -0.25) is 0 Å². The number of pyridine rings is 1. The molecule has 1 rings (SSSR count). The van der Waals surface area contributed by atoms with Crippen LogP contribution in [0.4, 0.5) is 10.1 Å². The molecule has 3 N–H and O–H groups in total. The largest absolute Gasteiger partial charge is 0.478 e. The lowest BCUT2D eigenvalue weighted by Gasteiger charge is -1.97. The van der Waals surface area contributed by atoms with E-state index in [9.17, 15) is 9.18 Å². The third-order valence-corrected chi connectivity index (χ3v) is 1.31. The van der Waals surface area contributed by atoms with Gasteiger partial charge in [0.15, 0.2) is 0 Å². The molecular weight excluding hydrogens is 175 g/mol. The van der Waals surface area contributed by atoms with Crippen LogP contribution in [0.5, 0.6) is 0 Å². The smallest absolute Gasteiger partial charge is 0.328 e. The van der Waals surface area contributed by atoms with Crippen LogP contribution in [-0.2, 0) is 4.79 Å². The van der Waals surface area contributed by atoms with Crippen LogP contribution < -0.4 is 5.73 Å². The molecule has 68 valence electrons. The fraction of sp³-hybridized carbons (Fsp3) is 0. The Morgan fingerprint density at radius 1 is 1.62 bits per heavy atom. The number of carboxylic acid groups (broad SMARTS) is 1. The molecule has 0 aliphatic rings. The summed E-state index contributed by atoms with van der Waals surface area (Å²) in [6, 6.07) is 2.43. The van der Waals surface area contributed by atoms with Crippen molar-refractivity contribution >= 4 is 17.7 Å². The van der Waals surface area contributed by atoms with E-state index in [-0.39, 0.29) is 11.4 Å². The number of anilines is 1. The van der Waals surface area contributed by atoms with Crippen LogP contribution in [0.2, 0.25) is 0 Å². The van der Waals surface area contributed by atoms with E-state index in [0.29, 0.717) is 0 Å². The number of hydrogen-bond donors (Lipinski definition) is 2. The van der Waals surface area contributed by atoms with Gasteiger partial charge in [-0.05, 0) is 18.2 Å². The molecule has 0 fully saturated rings. The molecule has 13 heavy (non-hydrogen) atoms. The second-order valence-corrected chi connectivity index (χ2v) is 2.28. The van der Waals surface area contributed by atoms with Crippen LogP contribution in [0, 0.1) is 5.95 Å². The first-order valence-corrected chi connectivity index (χ1v) is 3.42. The van der Waals surface area contributed by atoms with Gasteiger partial charge in [0.2, 0.25) is 5.95 Å². The molecule has 0 bridgehead atoms. The molecule has 5 heteroatoms. The van der Waals surface area contributed by atoms with Gasteiger partial charge in [0.1, 0.15) is 0 Å².